The Morgan fingerprint density at radius 2 is 1.77 bits per heavy atom. The molecule has 1 aromatic heterocycles. The minimum atomic E-state index is 0.890. The van der Waals surface area contributed by atoms with E-state index in [4.69, 9.17) is 4.74 Å². The predicted molar refractivity (Wildman–Crippen MR) is 86.3 cm³/mol. The largest absolute Gasteiger partial charge is 0.497 e. The van der Waals surface area contributed by atoms with Crippen LogP contribution in [-0.2, 0) is 13.0 Å². The SMILES string of the molecule is COc1ccc(-n2c(-c3ccccc3)c[n+]3c2CCC3)cc1. The number of methoxy groups -OCH3 is 1. The first-order valence-electron chi connectivity index (χ1n) is 7.71. The van der Waals surface area contributed by atoms with E-state index in [1.165, 1.54) is 29.2 Å². The molecule has 0 unspecified atom stereocenters. The van der Waals surface area contributed by atoms with Gasteiger partial charge in [-0.25, -0.2) is 4.57 Å². The van der Waals surface area contributed by atoms with E-state index >= 15 is 0 Å². The first kappa shape index (κ1) is 13.1. The average Bonchev–Trinajstić information content (AvgIpc) is 3.16. The lowest BCUT2D eigenvalue weighted by Gasteiger charge is -2.05. The third-order valence-corrected chi connectivity index (χ3v) is 4.31. The van der Waals surface area contributed by atoms with E-state index in [0.717, 1.165) is 18.7 Å². The molecule has 3 aromatic rings. The number of imidazole rings is 1. The lowest BCUT2D eigenvalue weighted by molar-refractivity contribution is -0.689. The van der Waals surface area contributed by atoms with Crippen LogP contribution < -0.4 is 9.30 Å². The number of ether oxygens (including phenoxy) is 1. The molecule has 2 heterocycles. The van der Waals surface area contributed by atoms with E-state index in [1.807, 2.05) is 12.1 Å². The second kappa shape index (κ2) is 5.34. The van der Waals surface area contributed by atoms with Gasteiger partial charge < -0.3 is 4.74 Å². The van der Waals surface area contributed by atoms with E-state index in [-0.39, 0.29) is 0 Å². The number of rotatable bonds is 3. The second-order valence-electron chi connectivity index (χ2n) is 5.63. The van der Waals surface area contributed by atoms with Crippen LogP contribution in [0, 0.1) is 0 Å². The summed E-state index contributed by atoms with van der Waals surface area (Å²) in [6.45, 7) is 1.11. The van der Waals surface area contributed by atoms with Crippen molar-refractivity contribution in [2.24, 2.45) is 0 Å². The highest BCUT2D eigenvalue weighted by Crippen LogP contribution is 2.27. The number of aryl methyl sites for hydroxylation is 1. The van der Waals surface area contributed by atoms with E-state index in [9.17, 15) is 0 Å². The molecule has 22 heavy (non-hydrogen) atoms. The molecular weight excluding hydrogens is 272 g/mol. The van der Waals surface area contributed by atoms with Crippen molar-refractivity contribution in [3.05, 3.63) is 66.6 Å². The molecule has 4 rings (SSSR count). The van der Waals surface area contributed by atoms with Crippen LogP contribution >= 0.6 is 0 Å². The highest BCUT2D eigenvalue weighted by Gasteiger charge is 2.29. The van der Waals surface area contributed by atoms with Crippen molar-refractivity contribution in [1.82, 2.24) is 4.57 Å². The Hall–Kier alpha value is -2.55. The summed E-state index contributed by atoms with van der Waals surface area (Å²) in [5.41, 5.74) is 3.69. The lowest BCUT2D eigenvalue weighted by Crippen LogP contribution is -2.30. The Balaban J connectivity index is 1.89. The van der Waals surface area contributed by atoms with Crippen LogP contribution in [0.1, 0.15) is 12.2 Å². The van der Waals surface area contributed by atoms with Gasteiger partial charge in [0.15, 0.2) is 5.69 Å². The lowest BCUT2D eigenvalue weighted by atomic mass is 10.1. The fourth-order valence-corrected chi connectivity index (χ4v) is 3.24. The van der Waals surface area contributed by atoms with Gasteiger partial charge in [-0.2, -0.15) is 4.57 Å². The summed E-state index contributed by atoms with van der Waals surface area (Å²) < 4.78 is 10.0. The van der Waals surface area contributed by atoms with Gasteiger partial charge in [0.2, 0.25) is 0 Å². The maximum Gasteiger partial charge on any atom is 0.262 e. The smallest absolute Gasteiger partial charge is 0.262 e. The van der Waals surface area contributed by atoms with Crippen LogP contribution in [0.15, 0.2) is 60.8 Å². The number of aromatic nitrogens is 2. The summed E-state index contributed by atoms with van der Waals surface area (Å²) in [6.07, 6.45) is 4.63. The van der Waals surface area contributed by atoms with Crippen LogP contribution in [0.25, 0.3) is 16.9 Å². The number of hydrogen-bond donors (Lipinski definition) is 0. The molecule has 0 saturated carbocycles. The van der Waals surface area contributed by atoms with E-state index in [2.05, 4.69) is 57.8 Å². The van der Waals surface area contributed by atoms with Gasteiger partial charge in [-0.3, -0.25) is 0 Å². The Morgan fingerprint density at radius 1 is 1.00 bits per heavy atom. The molecule has 0 N–H and O–H groups in total. The second-order valence-corrected chi connectivity index (χ2v) is 5.63. The van der Waals surface area contributed by atoms with Crippen LogP contribution in [0.5, 0.6) is 5.75 Å². The summed E-state index contributed by atoms with van der Waals surface area (Å²) in [4.78, 5) is 0. The van der Waals surface area contributed by atoms with Gasteiger partial charge in [0.05, 0.1) is 20.1 Å². The first-order chi connectivity index (χ1) is 10.9. The Morgan fingerprint density at radius 3 is 2.50 bits per heavy atom. The zero-order chi connectivity index (χ0) is 14.9. The summed E-state index contributed by atoms with van der Waals surface area (Å²) in [5, 5.41) is 0. The first-order valence-corrected chi connectivity index (χ1v) is 7.71. The number of benzene rings is 2. The van der Waals surface area contributed by atoms with Crippen molar-refractivity contribution >= 4 is 0 Å². The molecule has 1 aliphatic rings. The van der Waals surface area contributed by atoms with Crippen LogP contribution in [-0.4, -0.2) is 11.7 Å². The average molecular weight is 291 g/mol. The van der Waals surface area contributed by atoms with Crippen molar-refractivity contribution in [2.75, 3.05) is 7.11 Å². The summed E-state index contributed by atoms with van der Waals surface area (Å²) in [5.74, 6) is 2.27. The van der Waals surface area contributed by atoms with Crippen molar-refractivity contribution in [3.8, 4) is 22.7 Å². The molecule has 3 heteroatoms. The fraction of sp³-hybridized carbons (Fsp3) is 0.211. The highest BCUT2D eigenvalue weighted by atomic mass is 16.5. The van der Waals surface area contributed by atoms with Gasteiger partial charge in [-0.15, -0.1) is 0 Å². The van der Waals surface area contributed by atoms with Gasteiger partial charge in [0.1, 0.15) is 17.6 Å². The topological polar surface area (TPSA) is 18.0 Å². The monoisotopic (exact) mass is 291 g/mol. The van der Waals surface area contributed by atoms with Crippen molar-refractivity contribution < 1.29 is 9.30 Å². The third kappa shape index (κ3) is 2.10. The Bertz CT molecular complexity index is 788. The molecule has 110 valence electrons. The molecule has 0 saturated heterocycles. The molecule has 3 nitrogen and oxygen atoms in total. The van der Waals surface area contributed by atoms with E-state index in [1.54, 1.807) is 7.11 Å². The normalized spacial score (nSPS) is 13.1. The summed E-state index contributed by atoms with van der Waals surface area (Å²) in [7, 11) is 1.70. The minimum absolute atomic E-state index is 0.890. The zero-order valence-corrected chi connectivity index (χ0v) is 12.7. The van der Waals surface area contributed by atoms with E-state index in [0.29, 0.717) is 0 Å². The molecule has 0 bridgehead atoms. The van der Waals surface area contributed by atoms with Crippen LogP contribution in [0.2, 0.25) is 0 Å². The molecule has 0 atom stereocenters. The van der Waals surface area contributed by atoms with Crippen LogP contribution in [0.4, 0.5) is 0 Å². The number of hydrogen-bond acceptors (Lipinski definition) is 1. The van der Waals surface area contributed by atoms with Crippen LogP contribution in [0.3, 0.4) is 0 Å². The molecule has 0 spiro atoms. The molecular formula is C19H19N2O+. The third-order valence-electron chi connectivity index (χ3n) is 4.31. The Labute approximate surface area is 130 Å². The summed E-state index contributed by atoms with van der Waals surface area (Å²) >= 11 is 0. The van der Waals surface area contributed by atoms with Gasteiger partial charge in [-0.05, 0) is 30.7 Å². The highest BCUT2D eigenvalue weighted by molar-refractivity contribution is 5.61. The van der Waals surface area contributed by atoms with E-state index < -0.39 is 0 Å². The number of nitrogens with zero attached hydrogens (tertiary/aromatic N) is 2. The van der Waals surface area contributed by atoms with Crippen molar-refractivity contribution in [2.45, 2.75) is 19.4 Å². The maximum absolute atomic E-state index is 5.28. The predicted octanol–water partition coefficient (Wildman–Crippen LogP) is 3.39. The molecule has 0 fully saturated rings. The molecule has 0 radical (unpaired) electrons. The van der Waals surface area contributed by atoms with Gasteiger partial charge in [-0.1, -0.05) is 30.3 Å². The van der Waals surface area contributed by atoms with Gasteiger partial charge in [0, 0.05) is 5.56 Å². The quantitative estimate of drug-likeness (QED) is 0.677. The molecule has 2 aromatic carbocycles. The maximum atomic E-state index is 5.28. The Kier molecular flexibility index (Phi) is 3.19. The minimum Gasteiger partial charge on any atom is -0.497 e. The molecule has 0 aliphatic carbocycles. The molecule has 0 amide bonds. The van der Waals surface area contributed by atoms with Crippen molar-refractivity contribution in [3.63, 3.8) is 0 Å². The standard InChI is InChI=1S/C19H19N2O/c1-22-17-11-9-16(10-12-17)21-18(15-6-3-2-4-7-15)14-20-13-5-8-19(20)21/h2-4,6-7,9-12,14H,5,8,13H2,1H3/q+1. The van der Waals surface area contributed by atoms with Crippen molar-refractivity contribution in [1.29, 1.82) is 0 Å². The van der Waals surface area contributed by atoms with Gasteiger partial charge in [0.25, 0.3) is 5.82 Å². The number of fused-ring (bicyclic) bond motifs is 1. The molecule has 1 aliphatic heterocycles. The van der Waals surface area contributed by atoms with Gasteiger partial charge >= 0.3 is 0 Å². The summed E-state index contributed by atoms with van der Waals surface area (Å²) in [6, 6.07) is 18.9. The fourth-order valence-electron chi connectivity index (χ4n) is 3.24. The zero-order valence-electron chi connectivity index (χ0n) is 12.7.